The molecule has 5 aromatic rings. The zero-order valence-electron chi connectivity index (χ0n) is 19.1. The van der Waals surface area contributed by atoms with Crippen molar-refractivity contribution in [1.29, 1.82) is 0 Å². The highest BCUT2D eigenvalue weighted by Gasteiger charge is 2.16. The predicted molar refractivity (Wildman–Crippen MR) is 142 cm³/mol. The number of anilines is 1. The van der Waals surface area contributed by atoms with E-state index < -0.39 is 0 Å². The third-order valence-corrected chi connectivity index (χ3v) is 7.00. The van der Waals surface area contributed by atoms with E-state index in [1.807, 2.05) is 61.7 Å². The predicted octanol–water partition coefficient (Wildman–Crippen LogP) is 5.25. The first-order valence-electron chi connectivity index (χ1n) is 10.9. The van der Waals surface area contributed by atoms with Crippen molar-refractivity contribution in [3.8, 4) is 17.1 Å². The molecule has 0 saturated heterocycles. The first kappa shape index (κ1) is 22.9. The van der Waals surface area contributed by atoms with Gasteiger partial charge in [-0.1, -0.05) is 53.7 Å². The fourth-order valence-corrected chi connectivity index (χ4v) is 5.06. The van der Waals surface area contributed by atoms with E-state index in [2.05, 4.69) is 20.3 Å². The maximum Gasteiger partial charge on any atom is 0.267 e. The van der Waals surface area contributed by atoms with Gasteiger partial charge in [0.2, 0.25) is 5.91 Å². The van der Waals surface area contributed by atoms with Gasteiger partial charge in [-0.05, 0) is 43.7 Å². The Labute approximate surface area is 209 Å². The third-order valence-electron chi connectivity index (χ3n) is 5.31. The number of carbonyl (C=O) groups is 1. The lowest BCUT2D eigenvalue weighted by Gasteiger charge is -2.12. The maximum absolute atomic E-state index is 13.3. The summed E-state index contributed by atoms with van der Waals surface area (Å²) in [5, 5.41) is 6.19. The highest BCUT2D eigenvalue weighted by atomic mass is 32.2. The molecule has 0 saturated carbocycles. The Morgan fingerprint density at radius 2 is 1.83 bits per heavy atom. The van der Waals surface area contributed by atoms with Crippen LogP contribution in [0.2, 0.25) is 0 Å². The van der Waals surface area contributed by atoms with Gasteiger partial charge in [-0.2, -0.15) is 0 Å². The summed E-state index contributed by atoms with van der Waals surface area (Å²) in [6, 6.07) is 18.9. The number of rotatable bonds is 6. The second kappa shape index (κ2) is 9.81. The topological polar surface area (TPSA) is 89.8 Å². The van der Waals surface area contributed by atoms with Gasteiger partial charge >= 0.3 is 0 Å². The Bertz CT molecular complexity index is 1590. The number of hydrogen-bond donors (Lipinski definition) is 1. The molecule has 0 bridgehead atoms. The summed E-state index contributed by atoms with van der Waals surface area (Å²) >= 11 is 2.56. The number of benzene rings is 2. The molecule has 0 fully saturated rings. The van der Waals surface area contributed by atoms with Gasteiger partial charge in [-0.25, -0.2) is 19.5 Å². The van der Waals surface area contributed by atoms with Crippen LogP contribution in [0.25, 0.3) is 28.0 Å². The standard InChI is InChI=1S/C26H21N5O2S2/c1-16-7-9-18(10-8-16)21-14-34-25(28-21)30-23(32)15-35-26-29-20-6-4-3-5-19(20)24(33)31(26)22-13-17(2)11-12-27-22/h3-14H,15H2,1-2H3,(H,28,30,32). The molecule has 0 unspecified atom stereocenters. The van der Waals surface area contributed by atoms with Crippen molar-refractivity contribution in [2.75, 3.05) is 11.1 Å². The molecule has 3 aromatic heterocycles. The van der Waals surface area contributed by atoms with Crippen molar-refractivity contribution in [2.24, 2.45) is 0 Å². The van der Waals surface area contributed by atoms with Crippen LogP contribution in [0.5, 0.6) is 0 Å². The van der Waals surface area contributed by atoms with Gasteiger partial charge in [-0.15, -0.1) is 11.3 Å². The van der Waals surface area contributed by atoms with E-state index in [9.17, 15) is 9.59 Å². The molecule has 1 N–H and O–H groups in total. The van der Waals surface area contributed by atoms with Gasteiger partial charge in [0.25, 0.3) is 5.56 Å². The van der Waals surface area contributed by atoms with Gasteiger partial charge < -0.3 is 5.32 Å². The van der Waals surface area contributed by atoms with Crippen LogP contribution in [-0.2, 0) is 4.79 Å². The molecular formula is C26H21N5O2S2. The van der Waals surface area contributed by atoms with Crippen LogP contribution in [-0.4, -0.2) is 31.2 Å². The van der Waals surface area contributed by atoms with Crippen molar-refractivity contribution >= 4 is 45.0 Å². The van der Waals surface area contributed by atoms with Crippen molar-refractivity contribution in [1.82, 2.24) is 19.5 Å². The van der Waals surface area contributed by atoms with E-state index in [0.29, 0.717) is 27.0 Å². The summed E-state index contributed by atoms with van der Waals surface area (Å²) in [5.74, 6) is 0.306. The summed E-state index contributed by atoms with van der Waals surface area (Å²) < 4.78 is 1.46. The summed E-state index contributed by atoms with van der Waals surface area (Å²) in [5.41, 5.74) is 4.31. The molecule has 0 aliphatic heterocycles. The molecular weight excluding hydrogens is 478 g/mol. The van der Waals surface area contributed by atoms with Crippen LogP contribution in [0.3, 0.4) is 0 Å². The molecule has 0 aliphatic carbocycles. The maximum atomic E-state index is 13.3. The number of aromatic nitrogens is 4. The Balaban J connectivity index is 1.38. The summed E-state index contributed by atoms with van der Waals surface area (Å²) in [7, 11) is 0. The fraction of sp³-hybridized carbons (Fsp3) is 0.115. The molecule has 9 heteroatoms. The molecule has 174 valence electrons. The highest BCUT2D eigenvalue weighted by Crippen LogP contribution is 2.26. The largest absolute Gasteiger partial charge is 0.301 e. The van der Waals surface area contributed by atoms with Crippen LogP contribution >= 0.6 is 23.1 Å². The lowest BCUT2D eigenvalue weighted by molar-refractivity contribution is -0.113. The third kappa shape index (κ3) is 5.01. The Kier molecular flexibility index (Phi) is 6.43. The Morgan fingerprint density at radius 1 is 1.03 bits per heavy atom. The molecule has 1 amide bonds. The summed E-state index contributed by atoms with van der Waals surface area (Å²) in [6.45, 7) is 3.97. The van der Waals surface area contributed by atoms with Crippen molar-refractivity contribution < 1.29 is 4.79 Å². The highest BCUT2D eigenvalue weighted by molar-refractivity contribution is 7.99. The van der Waals surface area contributed by atoms with Crippen LogP contribution in [0.15, 0.2) is 82.2 Å². The average Bonchev–Trinajstić information content (AvgIpc) is 3.31. The van der Waals surface area contributed by atoms with Gasteiger partial charge in [0.15, 0.2) is 10.3 Å². The van der Waals surface area contributed by atoms with Gasteiger partial charge in [0, 0.05) is 17.1 Å². The molecule has 0 aliphatic rings. The molecule has 7 nitrogen and oxygen atoms in total. The number of amides is 1. The number of aryl methyl sites for hydroxylation is 2. The molecule has 35 heavy (non-hydrogen) atoms. The van der Waals surface area contributed by atoms with Gasteiger partial charge in [-0.3, -0.25) is 9.59 Å². The Hall–Kier alpha value is -3.82. The van der Waals surface area contributed by atoms with Crippen LogP contribution in [0.1, 0.15) is 11.1 Å². The SMILES string of the molecule is Cc1ccc(-c2csc(NC(=O)CSc3nc4ccccc4c(=O)n3-c3cc(C)ccn3)n2)cc1. The molecule has 5 rings (SSSR count). The van der Waals surface area contributed by atoms with Crippen LogP contribution in [0, 0.1) is 13.8 Å². The minimum absolute atomic E-state index is 0.0655. The molecule has 3 heterocycles. The van der Waals surface area contributed by atoms with Crippen LogP contribution in [0.4, 0.5) is 5.13 Å². The van der Waals surface area contributed by atoms with E-state index in [1.54, 1.807) is 24.4 Å². The number of pyridine rings is 1. The van der Waals surface area contributed by atoms with E-state index in [1.165, 1.54) is 33.2 Å². The molecule has 0 atom stereocenters. The zero-order chi connectivity index (χ0) is 24.4. The zero-order valence-corrected chi connectivity index (χ0v) is 20.7. The summed E-state index contributed by atoms with van der Waals surface area (Å²) in [6.07, 6.45) is 1.65. The first-order valence-corrected chi connectivity index (χ1v) is 12.7. The fourth-order valence-electron chi connectivity index (χ4n) is 3.53. The minimum atomic E-state index is -0.231. The number of thioether (sulfide) groups is 1. The molecule has 0 radical (unpaired) electrons. The lowest BCUT2D eigenvalue weighted by atomic mass is 10.1. The molecule has 2 aromatic carbocycles. The lowest BCUT2D eigenvalue weighted by Crippen LogP contribution is -2.23. The van der Waals surface area contributed by atoms with Crippen molar-refractivity contribution in [2.45, 2.75) is 19.0 Å². The van der Waals surface area contributed by atoms with Crippen molar-refractivity contribution in [3.63, 3.8) is 0 Å². The van der Waals surface area contributed by atoms with Crippen molar-refractivity contribution in [3.05, 3.63) is 93.7 Å². The van der Waals surface area contributed by atoms with E-state index in [4.69, 9.17) is 0 Å². The minimum Gasteiger partial charge on any atom is -0.301 e. The smallest absolute Gasteiger partial charge is 0.267 e. The average molecular weight is 500 g/mol. The number of fused-ring (bicyclic) bond motifs is 1. The Morgan fingerprint density at radius 3 is 2.63 bits per heavy atom. The second-order valence-corrected chi connectivity index (χ2v) is 9.78. The molecule has 0 spiro atoms. The quantitative estimate of drug-likeness (QED) is 0.253. The number of nitrogens with zero attached hydrogens (tertiary/aromatic N) is 4. The monoisotopic (exact) mass is 499 g/mol. The number of carbonyl (C=O) groups excluding carboxylic acids is 1. The van der Waals surface area contributed by atoms with Crippen LogP contribution < -0.4 is 10.9 Å². The number of hydrogen-bond acceptors (Lipinski definition) is 7. The summed E-state index contributed by atoms with van der Waals surface area (Å²) in [4.78, 5) is 39.6. The number of para-hydroxylation sites is 1. The van der Waals surface area contributed by atoms with Gasteiger partial charge in [0.1, 0.15) is 5.82 Å². The second-order valence-electron chi connectivity index (χ2n) is 7.98. The van der Waals surface area contributed by atoms with E-state index in [-0.39, 0.29) is 17.2 Å². The first-order chi connectivity index (χ1) is 17.0. The van der Waals surface area contributed by atoms with Gasteiger partial charge in [0.05, 0.1) is 22.3 Å². The normalized spacial score (nSPS) is 11.0. The van der Waals surface area contributed by atoms with E-state index >= 15 is 0 Å². The number of nitrogens with one attached hydrogen (secondary N) is 1. The number of thiazole rings is 1. The van der Waals surface area contributed by atoms with E-state index in [0.717, 1.165) is 16.8 Å².